The summed E-state index contributed by atoms with van der Waals surface area (Å²) >= 11 is 0. The molecule has 1 N–H and O–H groups in total. The molecule has 0 aliphatic carbocycles. The van der Waals surface area contributed by atoms with Gasteiger partial charge in [-0.2, -0.15) is 0 Å². The van der Waals surface area contributed by atoms with Crippen molar-refractivity contribution in [2.75, 3.05) is 0 Å². The van der Waals surface area contributed by atoms with Crippen LogP contribution in [0.2, 0.25) is 0 Å². The Balaban J connectivity index is 2.57. The van der Waals surface area contributed by atoms with Gasteiger partial charge in [-0.1, -0.05) is 24.3 Å². The third-order valence-electron chi connectivity index (χ3n) is 2.36. The van der Waals surface area contributed by atoms with Crippen LogP contribution in [0.5, 0.6) is 0 Å². The molecule has 13 heavy (non-hydrogen) atoms. The third kappa shape index (κ3) is 0.937. The lowest BCUT2D eigenvalue weighted by Gasteiger charge is -1.97. The van der Waals surface area contributed by atoms with Crippen LogP contribution < -0.4 is 0 Å². The number of benzene rings is 1. The topological polar surface area (TPSA) is 15.8 Å². The van der Waals surface area contributed by atoms with E-state index in [1.165, 1.54) is 16.2 Å². The van der Waals surface area contributed by atoms with E-state index in [4.69, 9.17) is 0 Å². The Bertz CT molecular complexity index is 514. The number of hydrogen-bond donors (Lipinski definition) is 1. The Kier molecular flexibility index (Phi) is 1.22. The summed E-state index contributed by atoms with van der Waals surface area (Å²) in [6, 6.07) is 14.6. The molecule has 0 saturated heterocycles. The lowest BCUT2D eigenvalue weighted by Crippen LogP contribution is -1.76. The van der Waals surface area contributed by atoms with Crippen LogP contribution >= 0.6 is 0 Å². The fourth-order valence-corrected chi connectivity index (χ4v) is 1.69. The molecule has 0 atom stereocenters. The van der Waals surface area contributed by atoms with Gasteiger partial charge in [-0.25, -0.2) is 0 Å². The Morgan fingerprint density at radius 2 is 1.77 bits per heavy atom. The number of H-pyrrole nitrogens is 1. The summed E-state index contributed by atoms with van der Waals surface area (Å²) in [5, 5.41) is 3.81. The van der Waals surface area contributed by atoms with Crippen molar-refractivity contribution in [1.29, 1.82) is 0 Å². The smallest absolute Gasteiger partial charge is 0.0623 e. The van der Waals surface area contributed by atoms with Gasteiger partial charge in [-0.05, 0) is 34.4 Å². The van der Waals surface area contributed by atoms with Crippen LogP contribution in [0.3, 0.4) is 0 Å². The molecular weight excluding hydrogens is 158 g/mol. The van der Waals surface area contributed by atoms with Crippen molar-refractivity contribution < 1.29 is 0 Å². The Hall–Kier alpha value is -1.76. The molecule has 1 nitrogen and oxygen atoms in total. The van der Waals surface area contributed by atoms with Gasteiger partial charge in [0.15, 0.2) is 0 Å². The normalized spacial score (nSPS) is 11.1. The average Bonchev–Trinajstić information content (AvgIpc) is 2.61. The van der Waals surface area contributed by atoms with E-state index in [0.29, 0.717) is 0 Å². The van der Waals surface area contributed by atoms with Crippen LogP contribution in [0.1, 0.15) is 0 Å². The monoisotopic (exact) mass is 166 g/mol. The number of aromatic nitrogens is 1. The minimum Gasteiger partial charge on any atom is -0.353 e. The first-order valence-corrected chi connectivity index (χ1v) is 4.31. The quantitative estimate of drug-likeness (QED) is 0.528. The summed E-state index contributed by atoms with van der Waals surface area (Å²) in [6.07, 6.45) is 2.97. The van der Waals surface area contributed by atoms with Crippen molar-refractivity contribution >= 4 is 21.7 Å². The average molecular weight is 166 g/mol. The van der Waals surface area contributed by atoms with Gasteiger partial charge in [-0.15, -0.1) is 0 Å². The van der Waals surface area contributed by atoms with E-state index < -0.39 is 0 Å². The summed E-state index contributed by atoms with van der Waals surface area (Å²) in [6.45, 7) is 0. The van der Waals surface area contributed by atoms with Crippen LogP contribution in [0.15, 0.2) is 42.5 Å². The molecule has 0 bridgehead atoms. The van der Waals surface area contributed by atoms with E-state index >= 15 is 0 Å². The van der Waals surface area contributed by atoms with Gasteiger partial charge in [0.25, 0.3) is 0 Å². The van der Waals surface area contributed by atoms with E-state index in [0.717, 1.165) is 5.52 Å². The molecule has 0 aliphatic rings. The van der Waals surface area contributed by atoms with Crippen molar-refractivity contribution in [3.05, 3.63) is 48.7 Å². The Morgan fingerprint density at radius 1 is 0.923 bits per heavy atom. The molecule has 0 saturated carbocycles. The number of rotatable bonds is 0. The van der Waals surface area contributed by atoms with Crippen LogP contribution in [-0.4, -0.2) is 4.98 Å². The first-order chi connectivity index (χ1) is 6.43. The lowest BCUT2D eigenvalue weighted by atomic mass is 10.1. The zero-order valence-electron chi connectivity index (χ0n) is 7.04. The first kappa shape index (κ1) is 6.72. The maximum Gasteiger partial charge on any atom is 0.0623 e. The van der Waals surface area contributed by atoms with Crippen molar-refractivity contribution in [3.8, 4) is 0 Å². The highest BCUT2D eigenvalue weighted by Gasteiger charge is 1.96. The molecule has 0 aliphatic heterocycles. The first-order valence-electron chi connectivity index (χ1n) is 4.31. The maximum absolute atomic E-state index is 3.11. The summed E-state index contributed by atoms with van der Waals surface area (Å²) in [4.78, 5) is 3.11. The van der Waals surface area contributed by atoms with Gasteiger partial charge in [-0.3, -0.25) is 0 Å². The largest absolute Gasteiger partial charge is 0.353 e. The van der Waals surface area contributed by atoms with Gasteiger partial charge in [0.1, 0.15) is 0 Å². The van der Waals surface area contributed by atoms with Crippen molar-refractivity contribution in [3.63, 3.8) is 0 Å². The van der Waals surface area contributed by atoms with Crippen molar-refractivity contribution in [2.45, 2.75) is 0 Å². The molecule has 3 aromatic rings. The number of hydrogen-bond acceptors (Lipinski definition) is 0. The van der Waals surface area contributed by atoms with E-state index in [1.54, 1.807) is 0 Å². The maximum atomic E-state index is 3.11. The minimum absolute atomic E-state index is 1.14. The SMILES string of the molecule is [c]1ccc2cc3cccc3cc2[nH]1. The third-order valence-corrected chi connectivity index (χ3v) is 2.36. The highest BCUT2D eigenvalue weighted by molar-refractivity contribution is 5.96. The van der Waals surface area contributed by atoms with E-state index in [1.807, 2.05) is 6.07 Å². The fourth-order valence-electron chi connectivity index (χ4n) is 1.69. The molecule has 0 unspecified atom stereocenters. The van der Waals surface area contributed by atoms with E-state index in [9.17, 15) is 0 Å². The second kappa shape index (κ2) is 2.36. The second-order valence-electron chi connectivity index (χ2n) is 3.20. The van der Waals surface area contributed by atoms with Crippen LogP contribution in [0, 0.1) is 6.20 Å². The van der Waals surface area contributed by atoms with E-state index in [2.05, 4.69) is 47.6 Å². The predicted octanol–water partition coefficient (Wildman–Crippen LogP) is 3.12. The Labute approximate surface area is 76.0 Å². The predicted molar refractivity (Wildman–Crippen MR) is 54.6 cm³/mol. The molecule has 1 heterocycles. The molecule has 2 aromatic carbocycles. The number of nitrogens with one attached hydrogen (secondary N) is 1. The number of aromatic amines is 1. The van der Waals surface area contributed by atoms with Gasteiger partial charge in [0.05, 0.1) is 6.20 Å². The second-order valence-corrected chi connectivity index (χ2v) is 3.20. The van der Waals surface area contributed by atoms with Crippen LogP contribution in [0.4, 0.5) is 0 Å². The molecule has 3 rings (SSSR count). The zero-order chi connectivity index (χ0) is 8.67. The zero-order valence-corrected chi connectivity index (χ0v) is 7.04. The molecule has 1 radical (unpaired) electrons. The summed E-state index contributed by atoms with van der Waals surface area (Å²) in [5.41, 5.74) is 1.14. The molecule has 0 fully saturated rings. The number of pyridine rings is 1. The van der Waals surface area contributed by atoms with Crippen LogP contribution in [0.25, 0.3) is 21.7 Å². The molecule has 61 valence electrons. The highest BCUT2D eigenvalue weighted by atomic mass is 14.6. The van der Waals surface area contributed by atoms with E-state index in [-0.39, 0.29) is 0 Å². The van der Waals surface area contributed by atoms with Crippen molar-refractivity contribution in [1.82, 2.24) is 4.98 Å². The summed E-state index contributed by atoms with van der Waals surface area (Å²) in [5.74, 6) is 0. The molecule has 1 aromatic heterocycles. The highest BCUT2D eigenvalue weighted by Crippen LogP contribution is 2.21. The van der Waals surface area contributed by atoms with Crippen LogP contribution in [-0.2, 0) is 0 Å². The molecule has 0 spiro atoms. The Morgan fingerprint density at radius 3 is 2.69 bits per heavy atom. The fraction of sp³-hybridized carbons (Fsp3) is 0. The van der Waals surface area contributed by atoms with Gasteiger partial charge in [0.2, 0.25) is 0 Å². The van der Waals surface area contributed by atoms with Crippen molar-refractivity contribution in [2.24, 2.45) is 0 Å². The standard InChI is InChI=1S/C12H8N/c1-3-9-7-11-5-2-6-13-12(11)8-10(9)4-1/h1-5,7-8,13H. The molecule has 1 heteroatoms. The summed E-state index contributed by atoms with van der Waals surface area (Å²) < 4.78 is 0. The lowest BCUT2D eigenvalue weighted by molar-refractivity contribution is 1.40. The number of fused-ring (bicyclic) bond motifs is 2. The molecule has 0 amide bonds. The minimum atomic E-state index is 1.14. The summed E-state index contributed by atoms with van der Waals surface area (Å²) in [7, 11) is 0. The van der Waals surface area contributed by atoms with Gasteiger partial charge >= 0.3 is 0 Å². The van der Waals surface area contributed by atoms with Gasteiger partial charge in [0, 0.05) is 5.52 Å². The molecular formula is C12H8N. The van der Waals surface area contributed by atoms with Gasteiger partial charge < -0.3 is 4.98 Å².